The van der Waals surface area contributed by atoms with Crippen molar-refractivity contribution >= 4 is 34.1 Å². The Kier molecular flexibility index (Phi) is 5.03. The lowest BCUT2D eigenvalue weighted by Gasteiger charge is -2.35. The third kappa shape index (κ3) is 3.60. The SMILES string of the molecule is O=C(CN1CCc2c([nH]c3ccccc23)C1c1ccccc1)Nc1cccc(Cl)c1. The number of hydrogen-bond acceptors (Lipinski definition) is 2. The number of benzene rings is 3. The van der Waals surface area contributed by atoms with Gasteiger partial charge < -0.3 is 10.3 Å². The first-order valence-electron chi connectivity index (χ1n) is 10.1. The third-order valence-corrected chi connectivity index (χ3v) is 5.94. The minimum absolute atomic E-state index is 0.00691. The summed E-state index contributed by atoms with van der Waals surface area (Å²) in [4.78, 5) is 18.7. The number of anilines is 1. The average Bonchev–Trinajstić information content (AvgIpc) is 3.13. The highest BCUT2D eigenvalue weighted by Gasteiger charge is 2.32. The first-order chi connectivity index (χ1) is 14.7. The number of aromatic amines is 1. The van der Waals surface area contributed by atoms with Crippen LogP contribution in [-0.2, 0) is 11.2 Å². The van der Waals surface area contributed by atoms with Crippen molar-refractivity contribution in [2.45, 2.75) is 12.5 Å². The van der Waals surface area contributed by atoms with Crippen molar-refractivity contribution in [2.75, 3.05) is 18.4 Å². The van der Waals surface area contributed by atoms with Gasteiger partial charge in [-0.25, -0.2) is 0 Å². The molecule has 0 saturated heterocycles. The number of fused-ring (bicyclic) bond motifs is 3. The Morgan fingerprint density at radius 3 is 2.67 bits per heavy atom. The monoisotopic (exact) mass is 415 g/mol. The lowest BCUT2D eigenvalue weighted by atomic mass is 9.92. The molecule has 1 aliphatic heterocycles. The van der Waals surface area contributed by atoms with E-state index in [4.69, 9.17) is 11.6 Å². The molecule has 0 bridgehead atoms. The van der Waals surface area contributed by atoms with Crippen LogP contribution in [0.4, 0.5) is 5.69 Å². The molecule has 3 aromatic carbocycles. The molecule has 1 unspecified atom stereocenters. The maximum Gasteiger partial charge on any atom is 0.238 e. The fraction of sp³-hybridized carbons (Fsp3) is 0.160. The molecule has 5 rings (SSSR count). The summed E-state index contributed by atoms with van der Waals surface area (Å²) in [5.41, 5.74) is 5.58. The molecule has 0 aliphatic carbocycles. The van der Waals surface area contributed by atoms with E-state index in [0.717, 1.165) is 18.5 Å². The molecule has 2 heterocycles. The molecule has 150 valence electrons. The van der Waals surface area contributed by atoms with Crippen LogP contribution in [0.2, 0.25) is 5.02 Å². The van der Waals surface area contributed by atoms with Gasteiger partial charge in [0, 0.05) is 33.9 Å². The van der Waals surface area contributed by atoms with Gasteiger partial charge in [-0.15, -0.1) is 0 Å². The maximum atomic E-state index is 12.8. The average molecular weight is 416 g/mol. The summed E-state index contributed by atoms with van der Waals surface area (Å²) in [5.74, 6) is -0.0437. The van der Waals surface area contributed by atoms with Crippen molar-refractivity contribution in [1.82, 2.24) is 9.88 Å². The third-order valence-electron chi connectivity index (χ3n) is 5.70. The number of para-hydroxylation sites is 1. The molecule has 0 saturated carbocycles. The molecule has 1 amide bonds. The van der Waals surface area contributed by atoms with Crippen molar-refractivity contribution in [3.63, 3.8) is 0 Å². The van der Waals surface area contributed by atoms with Gasteiger partial charge in [-0.3, -0.25) is 9.69 Å². The number of nitrogens with zero attached hydrogens (tertiary/aromatic N) is 1. The van der Waals surface area contributed by atoms with Gasteiger partial charge in [0.1, 0.15) is 0 Å². The highest BCUT2D eigenvalue weighted by Crippen LogP contribution is 2.38. The van der Waals surface area contributed by atoms with Crippen LogP contribution < -0.4 is 5.32 Å². The standard InChI is InChI=1S/C25H22ClN3O/c26-18-9-6-10-19(15-18)27-23(30)16-29-14-13-21-20-11-4-5-12-22(20)28-24(21)25(29)17-7-2-1-3-8-17/h1-12,15,25,28H,13-14,16H2,(H,27,30). The molecule has 1 aromatic heterocycles. The summed E-state index contributed by atoms with van der Waals surface area (Å²) in [7, 11) is 0. The predicted octanol–water partition coefficient (Wildman–Crippen LogP) is 5.41. The Bertz CT molecular complexity index is 1200. The second kappa shape index (κ2) is 7.98. The summed E-state index contributed by atoms with van der Waals surface area (Å²) < 4.78 is 0. The largest absolute Gasteiger partial charge is 0.357 e. The first kappa shape index (κ1) is 18.9. The van der Waals surface area contributed by atoms with Crippen LogP contribution in [0.1, 0.15) is 22.9 Å². The van der Waals surface area contributed by atoms with E-state index in [1.165, 1.54) is 22.2 Å². The molecular formula is C25H22ClN3O. The van der Waals surface area contributed by atoms with E-state index in [2.05, 4.69) is 63.7 Å². The molecule has 1 atom stereocenters. The van der Waals surface area contributed by atoms with Crippen LogP contribution in [0.15, 0.2) is 78.9 Å². The number of carbonyl (C=O) groups is 1. The number of amides is 1. The smallest absolute Gasteiger partial charge is 0.238 e. The van der Waals surface area contributed by atoms with Gasteiger partial charge in [-0.05, 0) is 41.8 Å². The van der Waals surface area contributed by atoms with E-state index in [0.29, 0.717) is 17.3 Å². The van der Waals surface area contributed by atoms with E-state index >= 15 is 0 Å². The fourth-order valence-corrected chi connectivity index (χ4v) is 4.62. The zero-order chi connectivity index (χ0) is 20.5. The van der Waals surface area contributed by atoms with Gasteiger partial charge in [0.25, 0.3) is 0 Å². The molecule has 0 fully saturated rings. The Balaban J connectivity index is 1.47. The Labute approximate surface area is 180 Å². The molecule has 2 N–H and O–H groups in total. The molecule has 4 aromatic rings. The quantitative estimate of drug-likeness (QED) is 0.468. The number of carbonyl (C=O) groups excluding carboxylic acids is 1. The number of H-pyrrole nitrogens is 1. The number of nitrogens with one attached hydrogen (secondary N) is 2. The van der Waals surface area contributed by atoms with Crippen molar-refractivity contribution in [3.8, 4) is 0 Å². The van der Waals surface area contributed by atoms with Gasteiger partial charge >= 0.3 is 0 Å². The summed E-state index contributed by atoms with van der Waals surface area (Å²) in [6, 6.07) is 26.1. The minimum Gasteiger partial charge on any atom is -0.357 e. The van der Waals surface area contributed by atoms with Crippen molar-refractivity contribution < 1.29 is 4.79 Å². The zero-order valence-corrected chi connectivity index (χ0v) is 17.2. The van der Waals surface area contributed by atoms with Gasteiger partial charge in [0.2, 0.25) is 5.91 Å². The van der Waals surface area contributed by atoms with E-state index in [1.54, 1.807) is 12.1 Å². The second-order valence-corrected chi connectivity index (χ2v) is 8.09. The van der Waals surface area contributed by atoms with Crippen LogP contribution in [0.3, 0.4) is 0 Å². The van der Waals surface area contributed by atoms with Crippen molar-refractivity contribution in [1.29, 1.82) is 0 Å². The summed E-state index contributed by atoms with van der Waals surface area (Å²) in [6.45, 7) is 1.12. The number of rotatable bonds is 4. The number of aromatic nitrogens is 1. The normalized spacial score (nSPS) is 16.4. The van der Waals surface area contributed by atoms with Gasteiger partial charge in [0.15, 0.2) is 0 Å². The van der Waals surface area contributed by atoms with E-state index in [-0.39, 0.29) is 11.9 Å². The Morgan fingerprint density at radius 2 is 1.83 bits per heavy atom. The van der Waals surface area contributed by atoms with Crippen LogP contribution >= 0.6 is 11.6 Å². The van der Waals surface area contributed by atoms with Crippen LogP contribution in [-0.4, -0.2) is 28.9 Å². The lowest BCUT2D eigenvalue weighted by Crippen LogP contribution is -2.41. The van der Waals surface area contributed by atoms with Crippen LogP contribution in [0, 0.1) is 0 Å². The fourth-order valence-electron chi connectivity index (χ4n) is 4.43. The Hall–Kier alpha value is -3.08. The maximum absolute atomic E-state index is 12.8. The molecule has 0 radical (unpaired) electrons. The molecule has 5 heteroatoms. The Morgan fingerprint density at radius 1 is 1.03 bits per heavy atom. The molecule has 1 aliphatic rings. The summed E-state index contributed by atoms with van der Waals surface area (Å²) >= 11 is 6.05. The van der Waals surface area contributed by atoms with Crippen LogP contribution in [0.25, 0.3) is 10.9 Å². The van der Waals surface area contributed by atoms with Gasteiger partial charge in [0.05, 0.1) is 12.6 Å². The lowest BCUT2D eigenvalue weighted by molar-refractivity contribution is -0.117. The van der Waals surface area contributed by atoms with Gasteiger partial charge in [-0.2, -0.15) is 0 Å². The van der Waals surface area contributed by atoms with Crippen molar-refractivity contribution in [3.05, 3.63) is 101 Å². The number of halogens is 1. The van der Waals surface area contributed by atoms with E-state index < -0.39 is 0 Å². The predicted molar refractivity (Wildman–Crippen MR) is 122 cm³/mol. The molecular weight excluding hydrogens is 394 g/mol. The molecule has 4 nitrogen and oxygen atoms in total. The second-order valence-electron chi connectivity index (χ2n) is 7.66. The highest BCUT2D eigenvalue weighted by atomic mass is 35.5. The highest BCUT2D eigenvalue weighted by molar-refractivity contribution is 6.30. The summed E-state index contributed by atoms with van der Waals surface area (Å²) in [6.07, 6.45) is 0.910. The van der Waals surface area contributed by atoms with E-state index in [9.17, 15) is 4.79 Å². The topological polar surface area (TPSA) is 48.1 Å². The van der Waals surface area contributed by atoms with Gasteiger partial charge in [-0.1, -0.05) is 66.2 Å². The van der Waals surface area contributed by atoms with E-state index in [1.807, 2.05) is 18.2 Å². The zero-order valence-electron chi connectivity index (χ0n) is 16.4. The number of hydrogen-bond donors (Lipinski definition) is 2. The van der Waals surface area contributed by atoms with Crippen LogP contribution in [0.5, 0.6) is 0 Å². The summed E-state index contributed by atoms with van der Waals surface area (Å²) in [5, 5.41) is 4.86. The van der Waals surface area contributed by atoms with Crippen molar-refractivity contribution in [2.24, 2.45) is 0 Å². The first-order valence-corrected chi connectivity index (χ1v) is 10.5. The molecule has 30 heavy (non-hydrogen) atoms. The molecule has 0 spiro atoms. The minimum atomic E-state index is -0.0437.